The van der Waals surface area contributed by atoms with Crippen molar-refractivity contribution in [2.45, 2.75) is 27.2 Å². The van der Waals surface area contributed by atoms with E-state index in [1.807, 2.05) is 37.4 Å². The molecule has 23 heavy (non-hydrogen) atoms. The SMILES string of the molecule is Cc1nnc(N2CCN(C(=O)Cc3c(C)nn(C)c3C)CC2)s1. The number of carbonyl (C=O) groups excluding carboxylic acids is 1. The Labute approximate surface area is 139 Å². The molecule has 0 aromatic carbocycles. The van der Waals surface area contributed by atoms with Gasteiger partial charge in [-0.3, -0.25) is 9.48 Å². The van der Waals surface area contributed by atoms with Crippen molar-refractivity contribution in [1.82, 2.24) is 24.9 Å². The first-order valence-corrected chi connectivity index (χ1v) is 8.59. The predicted molar refractivity (Wildman–Crippen MR) is 89.8 cm³/mol. The highest BCUT2D eigenvalue weighted by molar-refractivity contribution is 7.15. The van der Waals surface area contributed by atoms with Crippen LogP contribution in [-0.4, -0.2) is 57.0 Å². The van der Waals surface area contributed by atoms with Gasteiger partial charge in [0, 0.05) is 44.5 Å². The molecule has 0 bridgehead atoms. The molecule has 0 spiro atoms. The van der Waals surface area contributed by atoms with E-state index in [9.17, 15) is 4.79 Å². The maximum Gasteiger partial charge on any atom is 0.227 e. The molecule has 0 saturated carbocycles. The van der Waals surface area contributed by atoms with Crippen LogP contribution in [0.4, 0.5) is 5.13 Å². The summed E-state index contributed by atoms with van der Waals surface area (Å²) in [6, 6.07) is 0. The molecule has 8 heteroatoms. The fourth-order valence-corrected chi connectivity index (χ4v) is 3.64. The monoisotopic (exact) mass is 334 g/mol. The second-order valence-corrected chi connectivity index (χ2v) is 7.08. The van der Waals surface area contributed by atoms with Gasteiger partial charge in [0.15, 0.2) is 0 Å². The van der Waals surface area contributed by atoms with Gasteiger partial charge in [-0.2, -0.15) is 5.10 Å². The summed E-state index contributed by atoms with van der Waals surface area (Å²) in [5.41, 5.74) is 3.07. The lowest BCUT2D eigenvalue weighted by molar-refractivity contribution is -0.130. The van der Waals surface area contributed by atoms with E-state index >= 15 is 0 Å². The second-order valence-electron chi connectivity index (χ2n) is 5.92. The first kappa shape index (κ1) is 15.9. The van der Waals surface area contributed by atoms with E-state index < -0.39 is 0 Å². The van der Waals surface area contributed by atoms with E-state index in [-0.39, 0.29) is 5.91 Å². The van der Waals surface area contributed by atoms with Gasteiger partial charge in [-0.05, 0) is 20.8 Å². The van der Waals surface area contributed by atoms with Crippen molar-refractivity contribution in [1.29, 1.82) is 0 Å². The first-order chi connectivity index (χ1) is 11.0. The molecule has 1 aliphatic rings. The van der Waals surface area contributed by atoms with Gasteiger partial charge < -0.3 is 9.80 Å². The minimum absolute atomic E-state index is 0.178. The van der Waals surface area contributed by atoms with Gasteiger partial charge in [0.25, 0.3) is 0 Å². The van der Waals surface area contributed by atoms with Crippen LogP contribution in [0.2, 0.25) is 0 Å². The molecule has 0 atom stereocenters. The molecule has 3 heterocycles. The quantitative estimate of drug-likeness (QED) is 0.840. The molecule has 0 aliphatic carbocycles. The molecule has 1 aliphatic heterocycles. The van der Waals surface area contributed by atoms with E-state index in [1.165, 1.54) is 0 Å². The van der Waals surface area contributed by atoms with E-state index in [2.05, 4.69) is 20.2 Å². The van der Waals surface area contributed by atoms with E-state index in [4.69, 9.17) is 0 Å². The van der Waals surface area contributed by atoms with Gasteiger partial charge in [0.2, 0.25) is 11.0 Å². The predicted octanol–water partition coefficient (Wildman–Crippen LogP) is 1.09. The normalized spacial score (nSPS) is 15.3. The summed E-state index contributed by atoms with van der Waals surface area (Å²) in [6.07, 6.45) is 0.434. The number of hydrogen-bond donors (Lipinski definition) is 0. The number of amides is 1. The average Bonchev–Trinajstić information content (AvgIpc) is 3.06. The Bertz CT molecular complexity index is 714. The molecular weight excluding hydrogens is 312 g/mol. The van der Waals surface area contributed by atoms with E-state index in [0.717, 1.165) is 53.3 Å². The van der Waals surface area contributed by atoms with Crippen LogP contribution in [0.15, 0.2) is 0 Å². The molecule has 1 fully saturated rings. The van der Waals surface area contributed by atoms with Crippen LogP contribution in [0.3, 0.4) is 0 Å². The van der Waals surface area contributed by atoms with Crippen molar-refractivity contribution in [3.05, 3.63) is 22.0 Å². The lowest BCUT2D eigenvalue weighted by atomic mass is 10.1. The van der Waals surface area contributed by atoms with Crippen LogP contribution in [-0.2, 0) is 18.3 Å². The molecule has 2 aromatic rings. The third-order valence-corrected chi connectivity index (χ3v) is 5.30. The maximum absolute atomic E-state index is 12.6. The van der Waals surface area contributed by atoms with Gasteiger partial charge in [0.05, 0.1) is 12.1 Å². The zero-order valence-electron chi connectivity index (χ0n) is 14.0. The summed E-state index contributed by atoms with van der Waals surface area (Å²) in [5, 5.41) is 14.6. The topological polar surface area (TPSA) is 67.2 Å². The summed E-state index contributed by atoms with van der Waals surface area (Å²) in [4.78, 5) is 16.7. The number of nitrogens with zero attached hydrogens (tertiary/aromatic N) is 6. The number of rotatable bonds is 3. The first-order valence-electron chi connectivity index (χ1n) is 7.77. The summed E-state index contributed by atoms with van der Waals surface area (Å²) in [5.74, 6) is 0.178. The zero-order chi connectivity index (χ0) is 16.6. The van der Waals surface area contributed by atoms with Crippen LogP contribution in [0, 0.1) is 20.8 Å². The lowest BCUT2D eigenvalue weighted by Crippen LogP contribution is -2.49. The maximum atomic E-state index is 12.6. The highest BCUT2D eigenvalue weighted by Gasteiger charge is 2.24. The molecule has 0 N–H and O–H groups in total. The van der Waals surface area contributed by atoms with Crippen molar-refractivity contribution in [3.63, 3.8) is 0 Å². The van der Waals surface area contributed by atoms with Crippen molar-refractivity contribution < 1.29 is 4.79 Å². The van der Waals surface area contributed by atoms with Gasteiger partial charge in [-0.15, -0.1) is 10.2 Å². The van der Waals surface area contributed by atoms with Crippen LogP contribution < -0.4 is 4.90 Å². The van der Waals surface area contributed by atoms with Crippen molar-refractivity contribution in [2.75, 3.05) is 31.1 Å². The molecule has 0 radical (unpaired) electrons. The van der Waals surface area contributed by atoms with Crippen LogP contribution >= 0.6 is 11.3 Å². The molecule has 1 saturated heterocycles. The highest BCUT2D eigenvalue weighted by Crippen LogP contribution is 2.21. The number of carbonyl (C=O) groups is 1. The summed E-state index contributed by atoms with van der Waals surface area (Å²) in [7, 11) is 1.92. The fourth-order valence-electron chi connectivity index (χ4n) is 2.90. The molecule has 1 amide bonds. The molecule has 124 valence electrons. The van der Waals surface area contributed by atoms with Gasteiger partial charge in [-0.1, -0.05) is 11.3 Å². The number of hydrogen-bond acceptors (Lipinski definition) is 6. The van der Waals surface area contributed by atoms with Crippen LogP contribution in [0.25, 0.3) is 0 Å². The Balaban J connectivity index is 1.60. The highest BCUT2D eigenvalue weighted by atomic mass is 32.1. The molecule has 0 unspecified atom stereocenters. The Morgan fingerprint density at radius 1 is 1.13 bits per heavy atom. The third kappa shape index (κ3) is 3.21. The van der Waals surface area contributed by atoms with Crippen LogP contribution in [0.5, 0.6) is 0 Å². The Hall–Kier alpha value is -1.96. The third-order valence-electron chi connectivity index (χ3n) is 4.41. The Morgan fingerprint density at radius 3 is 2.35 bits per heavy atom. The lowest BCUT2D eigenvalue weighted by Gasteiger charge is -2.34. The standard InChI is InChI=1S/C15H22N6OS/c1-10-13(11(2)19(4)18-10)9-14(22)20-5-7-21(8-6-20)15-17-16-12(3)23-15/h5-9H2,1-4H3. The largest absolute Gasteiger partial charge is 0.343 e. The smallest absolute Gasteiger partial charge is 0.227 e. The minimum Gasteiger partial charge on any atom is -0.343 e. The second kappa shape index (κ2) is 6.27. The molecule has 7 nitrogen and oxygen atoms in total. The fraction of sp³-hybridized carbons (Fsp3) is 0.600. The van der Waals surface area contributed by atoms with Gasteiger partial charge in [-0.25, -0.2) is 0 Å². The number of aromatic nitrogens is 4. The summed E-state index contributed by atoms with van der Waals surface area (Å²) >= 11 is 1.60. The number of piperazine rings is 1. The molecule has 3 rings (SSSR count). The zero-order valence-corrected chi connectivity index (χ0v) is 14.9. The summed E-state index contributed by atoms with van der Waals surface area (Å²) in [6.45, 7) is 9.02. The number of aryl methyl sites for hydroxylation is 3. The minimum atomic E-state index is 0.178. The molecule has 2 aromatic heterocycles. The van der Waals surface area contributed by atoms with Crippen molar-refractivity contribution in [2.24, 2.45) is 7.05 Å². The number of anilines is 1. The Kier molecular flexibility index (Phi) is 4.34. The Morgan fingerprint density at radius 2 is 1.83 bits per heavy atom. The van der Waals surface area contributed by atoms with Gasteiger partial charge in [0.1, 0.15) is 5.01 Å². The van der Waals surface area contributed by atoms with Crippen LogP contribution in [0.1, 0.15) is 22.0 Å². The van der Waals surface area contributed by atoms with Gasteiger partial charge >= 0.3 is 0 Å². The van der Waals surface area contributed by atoms with Crippen molar-refractivity contribution in [3.8, 4) is 0 Å². The average molecular weight is 334 g/mol. The van der Waals surface area contributed by atoms with E-state index in [0.29, 0.717) is 6.42 Å². The van der Waals surface area contributed by atoms with E-state index in [1.54, 1.807) is 11.3 Å². The van der Waals surface area contributed by atoms with Crippen molar-refractivity contribution >= 4 is 22.4 Å². The molecular formula is C15H22N6OS. The summed E-state index contributed by atoms with van der Waals surface area (Å²) < 4.78 is 1.84.